The Kier molecular flexibility index (Phi) is 10.6. The van der Waals surface area contributed by atoms with Gasteiger partial charge in [-0.1, -0.05) is 48.5 Å². The summed E-state index contributed by atoms with van der Waals surface area (Å²) in [6, 6.07) is -2.79. The van der Waals surface area contributed by atoms with E-state index < -0.39 is 12.0 Å². The molecule has 0 radical (unpaired) electrons. The van der Waals surface area contributed by atoms with Gasteiger partial charge in [-0.05, 0) is 19.3 Å². The Bertz CT molecular complexity index is 222. The van der Waals surface area contributed by atoms with Crippen LogP contribution < -0.4 is 0 Å². The number of alkyl halides is 2. The van der Waals surface area contributed by atoms with Crippen LogP contribution in [0.2, 0.25) is 0 Å². The highest BCUT2D eigenvalue weighted by molar-refractivity contribution is 9.09. The van der Waals surface area contributed by atoms with Gasteiger partial charge in [-0.3, -0.25) is 4.79 Å². The molecule has 0 aromatic carbocycles. The average Bonchev–Trinajstić information content (AvgIpc) is 2.30. The summed E-state index contributed by atoms with van der Waals surface area (Å²) in [7, 11) is 0. The van der Waals surface area contributed by atoms with Crippen molar-refractivity contribution in [1.82, 2.24) is 0 Å². The number of aliphatic hydroxyl groups is 1. The van der Waals surface area contributed by atoms with Crippen LogP contribution >= 0.6 is 15.9 Å². The van der Waals surface area contributed by atoms with Crippen LogP contribution in [0.15, 0.2) is 0 Å². The molecule has 5 heteroatoms. The largest absolute Gasteiger partial charge is 0.404 e. The Morgan fingerprint density at radius 1 is 1.22 bits per heavy atom. The van der Waals surface area contributed by atoms with Crippen molar-refractivity contribution in [3.63, 3.8) is 0 Å². The number of esters is 1. The Balaban J connectivity index is 3.57. The first kappa shape index (κ1) is 17.8. The summed E-state index contributed by atoms with van der Waals surface area (Å²) in [4.78, 5) is 11.3. The predicted molar refractivity (Wildman–Crippen MR) is 73.2 cm³/mol. The third-order valence-electron chi connectivity index (χ3n) is 2.62. The van der Waals surface area contributed by atoms with E-state index in [2.05, 4.69) is 20.7 Å². The summed E-state index contributed by atoms with van der Waals surface area (Å²) in [6.07, 6.45) is 6.20. The molecule has 18 heavy (non-hydrogen) atoms. The molecule has 0 heterocycles. The van der Waals surface area contributed by atoms with Crippen LogP contribution in [0.3, 0.4) is 0 Å². The van der Waals surface area contributed by atoms with Crippen molar-refractivity contribution in [3.05, 3.63) is 0 Å². The highest BCUT2D eigenvalue weighted by atomic mass is 79.9. The lowest BCUT2D eigenvalue weighted by molar-refractivity contribution is -0.278. The lowest BCUT2D eigenvalue weighted by Gasteiger charge is -2.18. The zero-order valence-electron chi connectivity index (χ0n) is 11.1. The van der Waals surface area contributed by atoms with E-state index in [4.69, 9.17) is 0 Å². The highest BCUT2D eigenvalue weighted by Crippen LogP contribution is 2.19. The second kappa shape index (κ2) is 10.7. The van der Waals surface area contributed by atoms with Crippen molar-refractivity contribution in [2.45, 2.75) is 70.8 Å². The SMILES string of the molecule is CCCCC(O)(F)OC(=O)CCCCCCCBr. The van der Waals surface area contributed by atoms with Gasteiger partial charge in [0, 0.05) is 18.2 Å². The molecule has 0 amide bonds. The van der Waals surface area contributed by atoms with Gasteiger partial charge in [0.25, 0.3) is 0 Å². The number of ether oxygens (including phenoxy) is 1. The van der Waals surface area contributed by atoms with E-state index in [-0.39, 0.29) is 12.8 Å². The maximum Gasteiger partial charge on any atom is 0.362 e. The quantitative estimate of drug-likeness (QED) is 0.269. The molecule has 0 saturated carbocycles. The van der Waals surface area contributed by atoms with Crippen molar-refractivity contribution in [2.24, 2.45) is 0 Å². The van der Waals surface area contributed by atoms with Gasteiger partial charge in [0.05, 0.1) is 0 Å². The molecule has 108 valence electrons. The molecule has 0 rings (SSSR count). The Morgan fingerprint density at radius 3 is 2.44 bits per heavy atom. The highest BCUT2D eigenvalue weighted by Gasteiger charge is 2.29. The van der Waals surface area contributed by atoms with Crippen LogP contribution in [-0.2, 0) is 9.53 Å². The first-order valence-corrected chi connectivity index (χ1v) is 7.83. The van der Waals surface area contributed by atoms with Crippen molar-refractivity contribution in [3.8, 4) is 0 Å². The van der Waals surface area contributed by atoms with E-state index in [1.165, 1.54) is 0 Å². The summed E-state index contributed by atoms with van der Waals surface area (Å²) in [5.41, 5.74) is 0. The van der Waals surface area contributed by atoms with E-state index in [0.29, 0.717) is 12.8 Å². The first-order chi connectivity index (χ1) is 8.52. The number of halogens is 2. The average molecular weight is 327 g/mol. The number of carbonyl (C=O) groups excluding carboxylic acids is 1. The van der Waals surface area contributed by atoms with Gasteiger partial charge in [-0.2, -0.15) is 4.39 Å². The van der Waals surface area contributed by atoms with Crippen LogP contribution in [0.4, 0.5) is 4.39 Å². The minimum atomic E-state index is -2.79. The number of carbonyl (C=O) groups is 1. The molecular formula is C13H24BrFO3. The smallest absolute Gasteiger partial charge is 0.362 e. The van der Waals surface area contributed by atoms with Crippen molar-refractivity contribution < 1.29 is 19.0 Å². The molecule has 0 aromatic heterocycles. The molecule has 1 N–H and O–H groups in total. The van der Waals surface area contributed by atoms with Crippen LogP contribution in [-0.4, -0.2) is 22.4 Å². The van der Waals surface area contributed by atoms with Gasteiger partial charge in [0.1, 0.15) is 0 Å². The molecule has 1 atom stereocenters. The third kappa shape index (κ3) is 11.0. The molecule has 0 aliphatic heterocycles. The van der Waals surface area contributed by atoms with E-state index in [9.17, 15) is 14.3 Å². The van der Waals surface area contributed by atoms with Gasteiger partial charge in [0.2, 0.25) is 0 Å². The summed E-state index contributed by atoms with van der Waals surface area (Å²) in [5, 5.41) is 10.2. The molecule has 0 saturated heterocycles. The van der Waals surface area contributed by atoms with Gasteiger partial charge in [-0.15, -0.1) is 0 Å². The number of unbranched alkanes of at least 4 members (excludes halogenated alkanes) is 5. The van der Waals surface area contributed by atoms with Gasteiger partial charge in [-0.25, -0.2) is 0 Å². The number of hydrogen-bond acceptors (Lipinski definition) is 3. The van der Waals surface area contributed by atoms with Crippen molar-refractivity contribution in [1.29, 1.82) is 0 Å². The van der Waals surface area contributed by atoms with Gasteiger partial charge in [0.15, 0.2) is 0 Å². The fourth-order valence-corrected chi connectivity index (χ4v) is 1.96. The molecule has 3 nitrogen and oxygen atoms in total. The fourth-order valence-electron chi connectivity index (χ4n) is 1.57. The molecule has 0 aliphatic carbocycles. The molecule has 0 bridgehead atoms. The zero-order valence-corrected chi connectivity index (χ0v) is 12.7. The van der Waals surface area contributed by atoms with Crippen LogP contribution in [0.1, 0.15) is 64.7 Å². The summed E-state index contributed by atoms with van der Waals surface area (Å²) in [5.74, 6) is -0.656. The fraction of sp³-hybridized carbons (Fsp3) is 0.923. The lowest BCUT2D eigenvalue weighted by atomic mass is 10.1. The summed E-state index contributed by atoms with van der Waals surface area (Å²) in [6.45, 7) is 1.88. The third-order valence-corrected chi connectivity index (χ3v) is 3.18. The summed E-state index contributed by atoms with van der Waals surface area (Å²) >= 11 is 3.35. The van der Waals surface area contributed by atoms with E-state index in [0.717, 1.165) is 37.4 Å². The standard InChI is InChI=1S/C13H24BrFO3/c1-2-3-10-13(15,17)18-12(16)9-7-5-4-6-8-11-14/h17H,2-11H2,1H3. The normalized spacial score (nSPS) is 14.2. The van der Waals surface area contributed by atoms with Gasteiger partial charge >= 0.3 is 12.0 Å². The first-order valence-electron chi connectivity index (χ1n) is 6.71. The topological polar surface area (TPSA) is 46.5 Å². The van der Waals surface area contributed by atoms with E-state index >= 15 is 0 Å². The molecule has 0 aromatic rings. The van der Waals surface area contributed by atoms with E-state index in [1.807, 2.05) is 6.92 Å². The maximum atomic E-state index is 13.3. The molecule has 1 unspecified atom stereocenters. The van der Waals surface area contributed by atoms with E-state index in [1.54, 1.807) is 0 Å². The zero-order chi connectivity index (χ0) is 13.9. The van der Waals surface area contributed by atoms with Crippen LogP contribution in [0.5, 0.6) is 0 Å². The molecule has 0 aliphatic rings. The number of rotatable bonds is 11. The molecule has 0 spiro atoms. The minimum Gasteiger partial charge on any atom is -0.404 e. The lowest BCUT2D eigenvalue weighted by Crippen LogP contribution is -2.29. The monoisotopic (exact) mass is 326 g/mol. The van der Waals surface area contributed by atoms with Crippen LogP contribution in [0.25, 0.3) is 0 Å². The number of hydrogen-bond donors (Lipinski definition) is 1. The Morgan fingerprint density at radius 2 is 1.83 bits per heavy atom. The van der Waals surface area contributed by atoms with Crippen LogP contribution in [0, 0.1) is 0 Å². The van der Waals surface area contributed by atoms with Gasteiger partial charge < -0.3 is 9.84 Å². The second-order valence-corrected chi connectivity index (χ2v) is 5.27. The maximum absolute atomic E-state index is 13.3. The Hall–Kier alpha value is -0.160. The van der Waals surface area contributed by atoms with Crippen molar-refractivity contribution in [2.75, 3.05) is 5.33 Å². The molecular weight excluding hydrogens is 303 g/mol. The summed E-state index contributed by atoms with van der Waals surface area (Å²) < 4.78 is 17.7. The Labute approximate surface area is 117 Å². The second-order valence-electron chi connectivity index (χ2n) is 4.47. The molecule has 0 fully saturated rings. The van der Waals surface area contributed by atoms with Crippen molar-refractivity contribution >= 4 is 21.9 Å². The predicted octanol–water partition coefficient (Wildman–Crippen LogP) is 4.07. The minimum absolute atomic E-state index is 0.152.